The van der Waals surface area contributed by atoms with Crippen LogP contribution in [0, 0.1) is 0 Å². The first-order valence-electron chi connectivity index (χ1n) is 5.20. The molecule has 0 amide bonds. The maximum Gasteiger partial charge on any atom is 0.227 e. The number of rotatable bonds is 1. The summed E-state index contributed by atoms with van der Waals surface area (Å²) in [6.45, 7) is 4.38. The van der Waals surface area contributed by atoms with Gasteiger partial charge in [0.1, 0.15) is 0 Å². The highest BCUT2D eigenvalue weighted by Crippen LogP contribution is 2.29. The molecular weight excluding hydrogens is 220 g/mol. The van der Waals surface area contributed by atoms with Crippen LogP contribution in [0.2, 0.25) is 0 Å². The summed E-state index contributed by atoms with van der Waals surface area (Å²) >= 11 is 1.62. The van der Waals surface area contributed by atoms with Gasteiger partial charge in [-0.2, -0.15) is 0 Å². The number of thiazole rings is 1. The molecule has 2 aromatic heterocycles. The summed E-state index contributed by atoms with van der Waals surface area (Å²) in [5.74, 6) is 0.993. The van der Waals surface area contributed by atoms with E-state index in [-0.39, 0.29) is 0 Å². The summed E-state index contributed by atoms with van der Waals surface area (Å²) < 4.78 is 3.10. The van der Waals surface area contributed by atoms with Crippen LogP contribution < -0.4 is 5.73 Å². The first-order chi connectivity index (χ1) is 7.66. The van der Waals surface area contributed by atoms with Gasteiger partial charge in [-0.25, -0.2) is 0 Å². The van der Waals surface area contributed by atoms with E-state index in [0.29, 0.717) is 11.9 Å². The third-order valence-corrected chi connectivity index (χ3v) is 3.74. The minimum Gasteiger partial charge on any atom is -0.368 e. The van der Waals surface area contributed by atoms with Crippen molar-refractivity contribution in [3.63, 3.8) is 0 Å². The minimum atomic E-state index is 0.457. The molecule has 0 bridgehead atoms. The average Bonchev–Trinajstić information content (AvgIpc) is 2.77. The van der Waals surface area contributed by atoms with E-state index in [9.17, 15) is 0 Å². The average molecular weight is 232 g/mol. The molecule has 3 aromatic rings. The van der Waals surface area contributed by atoms with Crippen molar-refractivity contribution in [2.45, 2.75) is 19.8 Å². The van der Waals surface area contributed by atoms with Crippen LogP contribution >= 0.6 is 11.3 Å². The second-order valence-corrected chi connectivity index (χ2v) is 5.17. The van der Waals surface area contributed by atoms with Crippen LogP contribution in [0.5, 0.6) is 0 Å². The van der Waals surface area contributed by atoms with E-state index in [1.807, 2.05) is 4.40 Å². The Kier molecular flexibility index (Phi) is 1.91. The van der Waals surface area contributed by atoms with Crippen LogP contribution in [0.25, 0.3) is 15.2 Å². The lowest BCUT2D eigenvalue weighted by Crippen LogP contribution is -1.93. The van der Waals surface area contributed by atoms with Gasteiger partial charge in [0.2, 0.25) is 10.9 Å². The molecule has 4 nitrogen and oxygen atoms in total. The molecule has 0 aliphatic heterocycles. The number of hydrogen-bond acceptors (Lipinski definition) is 4. The Balaban J connectivity index is 2.37. The maximum absolute atomic E-state index is 5.78. The predicted molar refractivity (Wildman–Crippen MR) is 66.9 cm³/mol. The SMILES string of the molecule is CC(C)c1ccc2c(c1)sc1nnc(N)n12. The second-order valence-electron chi connectivity index (χ2n) is 4.16. The van der Waals surface area contributed by atoms with E-state index in [4.69, 9.17) is 5.73 Å². The molecule has 0 unspecified atom stereocenters. The van der Waals surface area contributed by atoms with Crippen molar-refractivity contribution in [1.82, 2.24) is 14.6 Å². The highest BCUT2D eigenvalue weighted by Gasteiger charge is 2.10. The molecule has 0 saturated carbocycles. The molecule has 0 atom stereocenters. The molecule has 0 saturated heterocycles. The topological polar surface area (TPSA) is 56.2 Å². The third kappa shape index (κ3) is 1.21. The second kappa shape index (κ2) is 3.18. The number of nitrogens with zero attached hydrogens (tertiary/aromatic N) is 3. The zero-order valence-corrected chi connectivity index (χ0v) is 9.95. The summed E-state index contributed by atoms with van der Waals surface area (Å²) in [7, 11) is 0. The quantitative estimate of drug-likeness (QED) is 0.701. The highest BCUT2D eigenvalue weighted by molar-refractivity contribution is 7.23. The molecule has 16 heavy (non-hydrogen) atoms. The van der Waals surface area contributed by atoms with Crippen LogP contribution in [0.4, 0.5) is 5.95 Å². The first-order valence-corrected chi connectivity index (χ1v) is 6.01. The molecule has 0 fully saturated rings. The van der Waals surface area contributed by atoms with Gasteiger partial charge < -0.3 is 5.73 Å². The number of fused-ring (bicyclic) bond motifs is 3. The van der Waals surface area contributed by atoms with Gasteiger partial charge in [-0.15, -0.1) is 10.2 Å². The van der Waals surface area contributed by atoms with Crippen LogP contribution in [0.15, 0.2) is 18.2 Å². The number of hydrogen-bond donors (Lipinski definition) is 1. The highest BCUT2D eigenvalue weighted by atomic mass is 32.1. The van der Waals surface area contributed by atoms with Crippen molar-refractivity contribution in [1.29, 1.82) is 0 Å². The van der Waals surface area contributed by atoms with Crippen molar-refractivity contribution >= 4 is 32.5 Å². The summed E-state index contributed by atoms with van der Waals surface area (Å²) in [6, 6.07) is 6.44. The molecule has 82 valence electrons. The van der Waals surface area contributed by atoms with E-state index < -0.39 is 0 Å². The maximum atomic E-state index is 5.78. The summed E-state index contributed by atoms with van der Waals surface area (Å²) in [5.41, 5.74) is 8.21. The summed E-state index contributed by atoms with van der Waals surface area (Å²) in [4.78, 5) is 0.855. The molecule has 0 aliphatic carbocycles. The van der Waals surface area contributed by atoms with Crippen molar-refractivity contribution in [2.24, 2.45) is 0 Å². The molecule has 2 N–H and O–H groups in total. The van der Waals surface area contributed by atoms with Crippen LogP contribution in [-0.2, 0) is 0 Å². The van der Waals surface area contributed by atoms with E-state index in [0.717, 1.165) is 10.5 Å². The normalized spacial score (nSPS) is 11.9. The fraction of sp³-hybridized carbons (Fsp3) is 0.273. The largest absolute Gasteiger partial charge is 0.368 e. The van der Waals surface area contributed by atoms with Crippen LogP contribution in [0.1, 0.15) is 25.3 Å². The lowest BCUT2D eigenvalue weighted by Gasteiger charge is -2.04. The number of aromatic nitrogens is 3. The minimum absolute atomic E-state index is 0.457. The Labute approximate surface area is 96.7 Å². The molecule has 0 spiro atoms. The Bertz CT molecular complexity index is 665. The summed E-state index contributed by atoms with van der Waals surface area (Å²) in [5, 5.41) is 7.90. The molecular formula is C11H12N4S. The van der Waals surface area contributed by atoms with Gasteiger partial charge >= 0.3 is 0 Å². The predicted octanol–water partition coefficient (Wildman–Crippen LogP) is 2.65. The molecule has 0 radical (unpaired) electrons. The van der Waals surface area contributed by atoms with E-state index in [1.165, 1.54) is 10.3 Å². The lowest BCUT2D eigenvalue weighted by molar-refractivity contribution is 0.869. The number of nitrogen functional groups attached to an aromatic ring is 1. The fourth-order valence-electron chi connectivity index (χ4n) is 1.83. The lowest BCUT2D eigenvalue weighted by atomic mass is 10.0. The van der Waals surface area contributed by atoms with Crippen molar-refractivity contribution in [3.8, 4) is 0 Å². The monoisotopic (exact) mass is 232 g/mol. The van der Waals surface area contributed by atoms with Gasteiger partial charge in [0.25, 0.3) is 0 Å². The number of benzene rings is 1. The summed E-state index contributed by atoms with van der Waals surface area (Å²) in [6.07, 6.45) is 0. The van der Waals surface area contributed by atoms with E-state index in [2.05, 4.69) is 42.2 Å². The van der Waals surface area contributed by atoms with E-state index >= 15 is 0 Å². The first kappa shape index (κ1) is 9.59. The Morgan fingerprint density at radius 3 is 2.88 bits per heavy atom. The van der Waals surface area contributed by atoms with Crippen molar-refractivity contribution in [2.75, 3.05) is 5.73 Å². The van der Waals surface area contributed by atoms with Gasteiger partial charge in [-0.05, 0) is 23.6 Å². The molecule has 5 heteroatoms. The Morgan fingerprint density at radius 2 is 2.12 bits per heavy atom. The van der Waals surface area contributed by atoms with Crippen LogP contribution in [0.3, 0.4) is 0 Å². The molecule has 3 rings (SSSR count). The van der Waals surface area contributed by atoms with Gasteiger partial charge in [-0.1, -0.05) is 31.3 Å². The molecule has 1 aromatic carbocycles. The number of anilines is 1. The van der Waals surface area contributed by atoms with Crippen LogP contribution in [-0.4, -0.2) is 14.6 Å². The van der Waals surface area contributed by atoms with Gasteiger partial charge in [0.15, 0.2) is 0 Å². The van der Waals surface area contributed by atoms with Crippen molar-refractivity contribution < 1.29 is 0 Å². The third-order valence-electron chi connectivity index (χ3n) is 2.75. The standard InChI is InChI=1S/C11H12N4S/c1-6(2)7-3-4-8-9(5-7)16-11-14-13-10(12)15(8)11/h3-6H,1-2H3,(H2,12,13). The fourth-order valence-corrected chi connectivity index (χ4v) is 2.85. The van der Waals surface area contributed by atoms with Gasteiger partial charge in [0, 0.05) is 0 Å². The van der Waals surface area contributed by atoms with Crippen molar-refractivity contribution in [3.05, 3.63) is 23.8 Å². The zero-order chi connectivity index (χ0) is 11.3. The van der Waals surface area contributed by atoms with E-state index in [1.54, 1.807) is 11.3 Å². The molecule has 2 heterocycles. The smallest absolute Gasteiger partial charge is 0.227 e. The van der Waals surface area contributed by atoms with Gasteiger partial charge in [-0.3, -0.25) is 4.40 Å². The number of nitrogens with two attached hydrogens (primary N) is 1. The molecule has 0 aliphatic rings. The Hall–Kier alpha value is -1.62. The zero-order valence-electron chi connectivity index (χ0n) is 9.14. The van der Waals surface area contributed by atoms with Gasteiger partial charge in [0.05, 0.1) is 10.2 Å². The Morgan fingerprint density at radius 1 is 1.31 bits per heavy atom.